The molecule has 1 atom stereocenters. The van der Waals surface area contributed by atoms with E-state index in [0.29, 0.717) is 5.56 Å². The molecule has 3 heterocycles. The van der Waals surface area contributed by atoms with Gasteiger partial charge in [0.05, 0.1) is 5.56 Å². The molecule has 0 bridgehead atoms. The number of thioether (sulfide) groups is 2. The van der Waals surface area contributed by atoms with E-state index in [4.69, 9.17) is 5.11 Å². The monoisotopic (exact) mass is 304 g/mol. The van der Waals surface area contributed by atoms with Crippen molar-refractivity contribution >= 4 is 29.5 Å². The van der Waals surface area contributed by atoms with Crippen LogP contribution in [0.3, 0.4) is 0 Å². The maximum atomic E-state index is 10.9. The van der Waals surface area contributed by atoms with Crippen molar-refractivity contribution in [1.82, 2.24) is 14.9 Å². The van der Waals surface area contributed by atoms with Gasteiger partial charge < -0.3 is 5.11 Å². The summed E-state index contributed by atoms with van der Waals surface area (Å²) in [6, 6.07) is 6.97. The van der Waals surface area contributed by atoms with Crippen molar-refractivity contribution in [2.75, 3.05) is 5.01 Å². The SMILES string of the molecule is O=C(O)c1ccc([C@H]2SC=C3Sc4nncn4N32)cc1. The van der Waals surface area contributed by atoms with Gasteiger partial charge >= 0.3 is 5.97 Å². The van der Waals surface area contributed by atoms with Crippen LogP contribution in [0.4, 0.5) is 0 Å². The Balaban J connectivity index is 1.69. The zero-order valence-corrected chi connectivity index (χ0v) is 11.6. The highest BCUT2D eigenvalue weighted by Crippen LogP contribution is 2.50. The van der Waals surface area contributed by atoms with Crippen LogP contribution in [0.1, 0.15) is 21.3 Å². The minimum Gasteiger partial charge on any atom is -0.478 e. The van der Waals surface area contributed by atoms with Crippen molar-refractivity contribution in [2.24, 2.45) is 0 Å². The topological polar surface area (TPSA) is 71.2 Å². The lowest BCUT2D eigenvalue weighted by Crippen LogP contribution is -2.28. The molecule has 0 unspecified atom stereocenters. The van der Waals surface area contributed by atoms with Crippen molar-refractivity contribution in [3.05, 3.63) is 52.2 Å². The van der Waals surface area contributed by atoms with Crippen LogP contribution in [0.25, 0.3) is 0 Å². The molecule has 0 amide bonds. The first-order valence-electron chi connectivity index (χ1n) is 5.80. The third kappa shape index (κ3) is 1.65. The summed E-state index contributed by atoms with van der Waals surface area (Å²) in [5.74, 6) is -0.910. The van der Waals surface area contributed by atoms with Gasteiger partial charge in [-0.1, -0.05) is 23.9 Å². The molecule has 1 aromatic heterocycles. The summed E-state index contributed by atoms with van der Waals surface area (Å²) in [6.07, 6.45) is 1.69. The summed E-state index contributed by atoms with van der Waals surface area (Å²) in [4.78, 5) is 10.9. The highest BCUT2D eigenvalue weighted by Gasteiger charge is 2.37. The quantitative estimate of drug-likeness (QED) is 0.912. The van der Waals surface area contributed by atoms with Crippen molar-refractivity contribution in [3.63, 3.8) is 0 Å². The van der Waals surface area contributed by atoms with Gasteiger partial charge in [0.2, 0.25) is 5.16 Å². The average Bonchev–Trinajstić information content (AvgIpc) is 3.10. The third-order valence-corrected chi connectivity index (χ3v) is 5.32. The lowest BCUT2D eigenvalue weighted by Gasteiger charge is -2.24. The molecule has 1 N–H and O–H groups in total. The van der Waals surface area contributed by atoms with Crippen LogP contribution in [-0.2, 0) is 0 Å². The number of rotatable bonds is 2. The second kappa shape index (κ2) is 4.29. The molecule has 8 heteroatoms. The smallest absolute Gasteiger partial charge is 0.335 e. The Morgan fingerprint density at radius 2 is 2.10 bits per heavy atom. The summed E-state index contributed by atoms with van der Waals surface area (Å²) in [5.41, 5.74) is 1.35. The fourth-order valence-electron chi connectivity index (χ4n) is 2.18. The number of carbonyl (C=O) groups is 1. The molecule has 4 rings (SSSR count). The number of benzene rings is 1. The first kappa shape index (κ1) is 11.9. The van der Waals surface area contributed by atoms with Crippen molar-refractivity contribution in [2.45, 2.75) is 10.5 Å². The van der Waals surface area contributed by atoms with E-state index < -0.39 is 5.97 Å². The van der Waals surface area contributed by atoms with Crippen LogP contribution in [0, 0.1) is 0 Å². The Morgan fingerprint density at radius 1 is 1.30 bits per heavy atom. The summed E-state index contributed by atoms with van der Waals surface area (Å²) in [6.45, 7) is 0. The molecule has 0 spiro atoms. The van der Waals surface area contributed by atoms with Gasteiger partial charge in [0.1, 0.15) is 16.7 Å². The number of aromatic carboxylic acids is 1. The highest BCUT2D eigenvalue weighted by atomic mass is 32.2. The molecule has 0 saturated heterocycles. The van der Waals surface area contributed by atoms with Crippen LogP contribution in [-0.4, -0.2) is 25.9 Å². The van der Waals surface area contributed by atoms with Gasteiger partial charge in [-0.05, 0) is 29.5 Å². The van der Waals surface area contributed by atoms with Gasteiger partial charge in [-0.15, -0.1) is 10.2 Å². The molecule has 2 aromatic rings. The van der Waals surface area contributed by atoms with E-state index in [-0.39, 0.29) is 5.37 Å². The fraction of sp³-hybridized carbons (Fsp3) is 0.0833. The first-order chi connectivity index (χ1) is 9.74. The summed E-state index contributed by atoms with van der Waals surface area (Å²) < 4.78 is 1.92. The molecular weight excluding hydrogens is 296 g/mol. The Morgan fingerprint density at radius 3 is 2.85 bits per heavy atom. The number of carboxylic acid groups (broad SMARTS) is 1. The summed E-state index contributed by atoms with van der Waals surface area (Å²) in [5, 5.41) is 23.2. The Hall–Kier alpha value is -1.93. The molecule has 1 aromatic carbocycles. The first-order valence-corrected chi connectivity index (χ1v) is 7.56. The maximum Gasteiger partial charge on any atom is 0.335 e. The highest BCUT2D eigenvalue weighted by molar-refractivity contribution is 8.07. The zero-order chi connectivity index (χ0) is 13.7. The van der Waals surface area contributed by atoms with Crippen LogP contribution >= 0.6 is 23.5 Å². The number of carboxylic acids is 1. The summed E-state index contributed by atoms with van der Waals surface area (Å²) >= 11 is 3.27. The van der Waals surface area contributed by atoms with Gasteiger partial charge in [-0.25, -0.2) is 9.47 Å². The fourth-order valence-corrected chi connectivity index (χ4v) is 4.39. The minimum atomic E-state index is -0.910. The Labute approximate surface area is 122 Å². The van der Waals surface area contributed by atoms with E-state index >= 15 is 0 Å². The number of nitrogens with zero attached hydrogens (tertiary/aromatic N) is 4. The van der Waals surface area contributed by atoms with Crippen LogP contribution in [0.2, 0.25) is 0 Å². The third-order valence-electron chi connectivity index (χ3n) is 3.12. The van der Waals surface area contributed by atoms with E-state index in [1.807, 2.05) is 16.8 Å². The van der Waals surface area contributed by atoms with E-state index in [9.17, 15) is 4.79 Å². The van der Waals surface area contributed by atoms with Crippen LogP contribution in [0.5, 0.6) is 0 Å². The number of hydrogen-bond acceptors (Lipinski definition) is 6. The molecule has 0 radical (unpaired) electrons. The van der Waals surface area contributed by atoms with Crippen molar-refractivity contribution in [3.8, 4) is 0 Å². The van der Waals surface area contributed by atoms with E-state index in [1.165, 1.54) is 0 Å². The number of hydrogen-bond donors (Lipinski definition) is 1. The predicted octanol–water partition coefficient (Wildman–Crippen LogP) is 2.26. The predicted molar refractivity (Wildman–Crippen MR) is 75.9 cm³/mol. The van der Waals surface area contributed by atoms with Crippen molar-refractivity contribution < 1.29 is 9.90 Å². The Kier molecular flexibility index (Phi) is 2.54. The molecule has 20 heavy (non-hydrogen) atoms. The largest absolute Gasteiger partial charge is 0.478 e. The lowest BCUT2D eigenvalue weighted by molar-refractivity contribution is 0.0697. The lowest BCUT2D eigenvalue weighted by atomic mass is 10.1. The standard InChI is InChI=1S/C12H8N4O2S2/c17-11(18)8-3-1-7(2-4-8)10-16-9(5-19-10)20-12-14-13-6-15(12)16/h1-6,10H,(H,17,18)/t10-/m1/s1. The second-order valence-corrected chi connectivity index (χ2v) is 6.22. The Bertz CT molecular complexity index is 725. The number of fused-ring (bicyclic) bond motifs is 3. The molecule has 0 fully saturated rings. The molecular formula is C12H8N4O2S2. The van der Waals surface area contributed by atoms with Crippen LogP contribution in [0.15, 0.2) is 46.2 Å². The molecule has 2 aliphatic heterocycles. The molecule has 0 aliphatic carbocycles. The van der Waals surface area contributed by atoms with Crippen molar-refractivity contribution in [1.29, 1.82) is 0 Å². The van der Waals surface area contributed by atoms with E-state index in [0.717, 1.165) is 15.7 Å². The van der Waals surface area contributed by atoms with E-state index in [2.05, 4.69) is 20.6 Å². The number of aromatic nitrogens is 3. The van der Waals surface area contributed by atoms with Gasteiger partial charge in [0.25, 0.3) is 0 Å². The second-order valence-electron chi connectivity index (χ2n) is 4.28. The zero-order valence-electron chi connectivity index (χ0n) is 10.0. The van der Waals surface area contributed by atoms with Gasteiger partial charge in [0, 0.05) is 5.41 Å². The minimum absolute atomic E-state index is 0.0811. The average molecular weight is 304 g/mol. The van der Waals surface area contributed by atoms with Gasteiger partial charge in [-0.2, -0.15) is 0 Å². The normalized spacial score (nSPS) is 19.7. The maximum absolute atomic E-state index is 10.9. The van der Waals surface area contributed by atoms with Crippen LogP contribution < -0.4 is 5.01 Å². The molecule has 100 valence electrons. The van der Waals surface area contributed by atoms with Gasteiger partial charge in [0.15, 0.2) is 0 Å². The van der Waals surface area contributed by atoms with Gasteiger partial charge in [-0.3, -0.25) is 5.01 Å². The molecule has 2 aliphatic rings. The molecule has 6 nitrogen and oxygen atoms in total. The van der Waals surface area contributed by atoms with E-state index in [1.54, 1.807) is 42.0 Å². The molecule has 0 saturated carbocycles. The summed E-state index contributed by atoms with van der Waals surface area (Å²) in [7, 11) is 0.